The molecule has 1 aliphatic rings. The Morgan fingerprint density at radius 2 is 2.39 bits per heavy atom. The Labute approximate surface area is 101 Å². The van der Waals surface area contributed by atoms with Crippen LogP contribution >= 0.6 is 0 Å². The Bertz CT molecular complexity index is 469. The van der Waals surface area contributed by atoms with Crippen molar-refractivity contribution < 1.29 is 24.1 Å². The van der Waals surface area contributed by atoms with Crippen LogP contribution in [-0.4, -0.2) is 45.5 Å². The number of rotatable bonds is 5. The molecule has 1 aromatic heterocycles. The summed E-state index contributed by atoms with van der Waals surface area (Å²) in [5.74, 6) is -1.20. The smallest absolute Gasteiger partial charge is 0.353 e. The third-order valence-corrected chi connectivity index (χ3v) is 2.25. The van der Waals surface area contributed by atoms with E-state index < -0.39 is 18.0 Å². The minimum atomic E-state index is -1.18. The minimum Gasteiger partial charge on any atom is -0.477 e. The zero-order chi connectivity index (χ0) is 13.0. The van der Waals surface area contributed by atoms with Crippen LogP contribution in [0, 0.1) is 0 Å². The molecule has 1 amide bonds. The molecule has 0 fully saturated rings. The van der Waals surface area contributed by atoms with E-state index in [1.165, 1.54) is 6.33 Å². The molecule has 0 saturated heterocycles. The maximum absolute atomic E-state index is 11.6. The summed E-state index contributed by atoms with van der Waals surface area (Å²) in [4.78, 5) is 30.6. The summed E-state index contributed by atoms with van der Waals surface area (Å²) in [5.41, 5.74) is -0.160. The first-order valence-electron chi connectivity index (χ1n) is 5.16. The molecule has 9 heteroatoms. The Morgan fingerprint density at radius 1 is 1.56 bits per heavy atom. The van der Waals surface area contributed by atoms with Gasteiger partial charge in [0.15, 0.2) is 12.0 Å². The Balaban J connectivity index is 1.72. The van der Waals surface area contributed by atoms with Gasteiger partial charge in [0.25, 0.3) is 5.91 Å². The van der Waals surface area contributed by atoms with Crippen LogP contribution in [0.3, 0.4) is 0 Å². The van der Waals surface area contributed by atoms with Gasteiger partial charge < -0.3 is 19.8 Å². The topological polar surface area (TPSA) is 127 Å². The zero-order valence-corrected chi connectivity index (χ0v) is 9.20. The van der Waals surface area contributed by atoms with Crippen molar-refractivity contribution in [3.63, 3.8) is 0 Å². The summed E-state index contributed by atoms with van der Waals surface area (Å²) in [5, 5.41) is 17.9. The van der Waals surface area contributed by atoms with E-state index in [1.807, 2.05) is 0 Å². The second kappa shape index (κ2) is 5.25. The lowest BCUT2D eigenvalue weighted by Gasteiger charge is -2.07. The van der Waals surface area contributed by atoms with Crippen molar-refractivity contribution >= 4 is 17.6 Å². The maximum Gasteiger partial charge on any atom is 0.353 e. The van der Waals surface area contributed by atoms with E-state index in [9.17, 15) is 9.59 Å². The van der Waals surface area contributed by atoms with Crippen molar-refractivity contribution in [2.24, 2.45) is 5.16 Å². The zero-order valence-electron chi connectivity index (χ0n) is 9.20. The van der Waals surface area contributed by atoms with Gasteiger partial charge in [-0.1, -0.05) is 10.3 Å². The number of aliphatic carboxylic acids is 1. The Morgan fingerprint density at radius 3 is 3.00 bits per heavy atom. The van der Waals surface area contributed by atoms with Gasteiger partial charge in [-0.15, -0.1) is 0 Å². The van der Waals surface area contributed by atoms with E-state index in [1.54, 1.807) is 0 Å². The monoisotopic (exact) mass is 254 g/mol. The summed E-state index contributed by atoms with van der Waals surface area (Å²) in [6, 6.07) is 0. The molecule has 0 radical (unpaired) electrons. The molecule has 0 bridgehead atoms. The van der Waals surface area contributed by atoms with Gasteiger partial charge in [-0.3, -0.25) is 4.79 Å². The van der Waals surface area contributed by atoms with Crippen molar-refractivity contribution in [3.8, 4) is 0 Å². The van der Waals surface area contributed by atoms with Crippen LogP contribution in [0.15, 0.2) is 16.0 Å². The summed E-state index contributed by atoms with van der Waals surface area (Å²) < 4.78 is 4.75. The van der Waals surface area contributed by atoms with E-state index in [2.05, 4.69) is 20.6 Å². The lowest BCUT2D eigenvalue weighted by Crippen LogP contribution is -2.36. The summed E-state index contributed by atoms with van der Waals surface area (Å²) in [7, 11) is 0. The first-order chi connectivity index (χ1) is 8.66. The van der Waals surface area contributed by atoms with Gasteiger partial charge >= 0.3 is 5.97 Å². The number of carboxylic acids is 1. The predicted molar refractivity (Wildman–Crippen MR) is 55.6 cm³/mol. The van der Waals surface area contributed by atoms with Gasteiger partial charge in [-0.05, 0) is 0 Å². The van der Waals surface area contributed by atoms with Gasteiger partial charge in [-0.25, -0.2) is 4.79 Å². The summed E-state index contributed by atoms with van der Waals surface area (Å²) >= 11 is 0. The molecule has 1 unspecified atom stereocenters. The maximum atomic E-state index is 11.6. The minimum absolute atomic E-state index is 0.0400. The predicted octanol–water partition coefficient (Wildman–Crippen LogP) is -1.04. The highest BCUT2D eigenvalue weighted by Gasteiger charge is 2.31. The van der Waals surface area contributed by atoms with Gasteiger partial charge in [0, 0.05) is 19.4 Å². The lowest BCUT2D eigenvalue weighted by atomic mass is 10.1. The van der Waals surface area contributed by atoms with Crippen LogP contribution in [0.4, 0.5) is 0 Å². The normalized spacial score (nSPS) is 18.0. The molecule has 9 nitrogen and oxygen atoms in total. The lowest BCUT2D eigenvalue weighted by molar-refractivity contribution is -0.131. The van der Waals surface area contributed by atoms with Gasteiger partial charge in [0.2, 0.25) is 12.0 Å². The highest BCUT2D eigenvalue weighted by Crippen LogP contribution is 2.10. The Kier molecular flexibility index (Phi) is 3.51. The highest BCUT2D eigenvalue weighted by atomic mass is 16.6. The molecule has 1 atom stereocenters. The van der Waals surface area contributed by atoms with E-state index in [0.29, 0.717) is 18.9 Å². The molecule has 2 N–H and O–H groups in total. The largest absolute Gasteiger partial charge is 0.477 e. The molecule has 1 aromatic rings. The molecule has 0 spiro atoms. The van der Waals surface area contributed by atoms with Crippen LogP contribution in [0.5, 0.6) is 0 Å². The van der Waals surface area contributed by atoms with Crippen molar-refractivity contribution in [1.82, 2.24) is 15.5 Å². The molecular formula is C9H10N4O5. The van der Waals surface area contributed by atoms with Crippen LogP contribution < -0.4 is 5.32 Å². The third-order valence-electron chi connectivity index (χ3n) is 2.25. The van der Waals surface area contributed by atoms with Crippen molar-refractivity contribution in [1.29, 1.82) is 0 Å². The first kappa shape index (κ1) is 12.0. The standard InChI is InChI=1S/C9H10N4O5/c14-8(6-3-5(9(15)16)13-17-6)10-2-1-7-11-4-12-18-7/h4,6H,1-3H2,(H,10,14)(H,15,16). The summed E-state index contributed by atoms with van der Waals surface area (Å²) in [6.07, 6.45) is 0.732. The molecule has 96 valence electrons. The average molecular weight is 254 g/mol. The number of carbonyl (C=O) groups is 2. The van der Waals surface area contributed by atoms with E-state index in [-0.39, 0.29) is 12.1 Å². The molecule has 2 rings (SSSR count). The molecule has 2 heterocycles. The molecule has 0 saturated carbocycles. The van der Waals surface area contributed by atoms with Crippen LogP contribution in [0.2, 0.25) is 0 Å². The third kappa shape index (κ3) is 2.81. The second-order valence-electron chi connectivity index (χ2n) is 3.52. The van der Waals surface area contributed by atoms with Gasteiger partial charge in [0.1, 0.15) is 0 Å². The second-order valence-corrected chi connectivity index (χ2v) is 3.52. The van der Waals surface area contributed by atoms with Gasteiger partial charge in [0.05, 0.1) is 0 Å². The molecule has 18 heavy (non-hydrogen) atoms. The average Bonchev–Trinajstić information content (AvgIpc) is 2.99. The first-order valence-corrected chi connectivity index (χ1v) is 5.16. The number of nitrogens with one attached hydrogen (secondary N) is 1. The van der Waals surface area contributed by atoms with Gasteiger partial charge in [-0.2, -0.15) is 4.98 Å². The Hall–Kier alpha value is -2.45. The molecule has 0 aromatic carbocycles. The number of nitrogens with zero attached hydrogens (tertiary/aromatic N) is 3. The fourth-order valence-corrected chi connectivity index (χ4v) is 1.36. The van der Waals surface area contributed by atoms with Crippen molar-refractivity contribution in [2.45, 2.75) is 18.9 Å². The van der Waals surface area contributed by atoms with Crippen LogP contribution in [0.1, 0.15) is 12.3 Å². The number of aromatic nitrogens is 2. The van der Waals surface area contributed by atoms with E-state index >= 15 is 0 Å². The van der Waals surface area contributed by atoms with E-state index in [0.717, 1.165) is 0 Å². The number of oxime groups is 1. The quantitative estimate of drug-likeness (QED) is 0.686. The highest BCUT2D eigenvalue weighted by molar-refractivity contribution is 6.36. The van der Waals surface area contributed by atoms with Crippen molar-refractivity contribution in [2.75, 3.05) is 6.54 Å². The molecular weight excluding hydrogens is 244 g/mol. The summed E-state index contributed by atoms with van der Waals surface area (Å²) in [6.45, 7) is 0.295. The van der Waals surface area contributed by atoms with E-state index in [4.69, 9.17) is 14.5 Å². The number of hydrogen-bond acceptors (Lipinski definition) is 7. The number of carbonyl (C=O) groups excluding carboxylic acids is 1. The van der Waals surface area contributed by atoms with Crippen LogP contribution in [0.25, 0.3) is 0 Å². The molecule has 0 aliphatic carbocycles. The SMILES string of the molecule is O=C(O)C1=NOC(C(=O)NCCc2ncno2)C1. The number of hydrogen-bond donors (Lipinski definition) is 2. The van der Waals surface area contributed by atoms with Crippen molar-refractivity contribution in [3.05, 3.63) is 12.2 Å². The van der Waals surface area contributed by atoms with Crippen LogP contribution in [-0.2, 0) is 20.8 Å². The number of amides is 1. The fourth-order valence-electron chi connectivity index (χ4n) is 1.36. The molecule has 1 aliphatic heterocycles. The fraction of sp³-hybridized carbons (Fsp3) is 0.444. The number of carboxylic acid groups (broad SMARTS) is 1.